The predicted molar refractivity (Wildman–Crippen MR) is 103 cm³/mol. The predicted octanol–water partition coefficient (Wildman–Crippen LogP) is 3.51. The Morgan fingerprint density at radius 1 is 1.04 bits per heavy atom. The van der Waals surface area contributed by atoms with Crippen LogP contribution in [-0.2, 0) is 12.8 Å². The third kappa shape index (κ3) is 4.70. The first kappa shape index (κ1) is 17.7. The highest BCUT2D eigenvalue weighted by atomic mass is 79.9. The second-order valence-corrected chi connectivity index (χ2v) is 7.33. The van der Waals surface area contributed by atoms with Crippen molar-refractivity contribution in [1.82, 2.24) is 14.9 Å². The Hall–Kier alpha value is -2.12. The minimum atomic E-state index is 0.0336. The van der Waals surface area contributed by atoms with Crippen LogP contribution in [0.25, 0.3) is 0 Å². The Labute approximate surface area is 158 Å². The molecule has 0 spiro atoms. The Morgan fingerprint density at radius 2 is 1.76 bits per heavy atom. The number of hydrogen-bond donors (Lipinski definition) is 1. The molecule has 0 saturated heterocycles. The number of carbonyl (C=O) groups is 1. The lowest BCUT2D eigenvalue weighted by atomic mass is 10.1. The van der Waals surface area contributed by atoms with E-state index in [0.717, 1.165) is 10.9 Å². The monoisotopic (exact) mass is 416 g/mol. The summed E-state index contributed by atoms with van der Waals surface area (Å²) < 4.78 is 2.42. The van der Waals surface area contributed by atoms with Gasteiger partial charge in [0.1, 0.15) is 0 Å². The molecule has 7 heteroatoms. The van der Waals surface area contributed by atoms with Crippen LogP contribution in [-0.4, -0.2) is 26.4 Å². The fourth-order valence-electron chi connectivity index (χ4n) is 2.33. The molecular weight excluding hydrogens is 400 g/mol. The first-order chi connectivity index (χ1) is 12.1. The molecule has 128 valence electrons. The lowest BCUT2D eigenvalue weighted by molar-refractivity contribution is 0.102. The van der Waals surface area contributed by atoms with Gasteiger partial charge in [-0.1, -0.05) is 70.2 Å². The molecule has 0 aliphatic heterocycles. The molecule has 25 heavy (non-hydrogen) atoms. The number of aryl methyl sites for hydroxylation is 2. The van der Waals surface area contributed by atoms with Crippen molar-refractivity contribution >= 4 is 33.5 Å². The Kier molecular flexibility index (Phi) is 5.88. The smallest absolute Gasteiger partial charge is 0.210 e. The van der Waals surface area contributed by atoms with Gasteiger partial charge < -0.3 is 5.84 Å². The van der Waals surface area contributed by atoms with E-state index in [4.69, 9.17) is 5.84 Å². The molecule has 0 radical (unpaired) electrons. The summed E-state index contributed by atoms with van der Waals surface area (Å²) in [6.45, 7) is 0. The van der Waals surface area contributed by atoms with E-state index in [9.17, 15) is 4.79 Å². The summed E-state index contributed by atoms with van der Waals surface area (Å²) in [5.41, 5.74) is 1.90. The number of rotatable bonds is 7. The molecule has 3 aromatic rings. The topological polar surface area (TPSA) is 73.8 Å². The van der Waals surface area contributed by atoms with Crippen LogP contribution in [0.1, 0.15) is 21.7 Å². The van der Waals surface area contributed by atoms with Crippen LogP contribution >= 0.6 is 27.7 Å². The number of carbonyl (C=O) groups excluding carboxylic acids is 1. The van der Waals surface area contributed by atoms with Crippen molar-refractivity contribution in [1.29, 1.82) is 0 Å². The maximum absolute atomic E-state index is 12.2. The summed E-state index contributed by atoms with van der Waals surface area (Å²) in [7, 11) is 0. The van der Waals surface area contributed by atoms with Gasteiger partial charge in [-0.3, -0.25) is 4.79 Å². The number of nitrogen functional groups attached to an aromatic ring is 1. The zero-order valence-corrected chi connectivity index (χ0v) is 15.8. The van der Waals surface area contributed by atoms with Gasteiger partial charge in [0, 0.05) is 16.5 Å². The van der Waals surface area contributed by atoms with Gasteiger partial charge in [0.05, 0.1) is 5.75 Å². The summed E-state index contributed by atoms with van der Waals surface area (Å²) >= 11 is 4.66. The standard InChI is InChI=1S/C18H17BrN4OS/c19-15-9-7-14(8-10-15)16(24)12-25-18-22-21-17(23(18)20)11-6-13-4-2-1-3-5-13/h1-5,7-10H,6,11-12,20H2. The molecule has 1 heterocycles. The molecular formula is C18H17BrN4OS. The number of ketones is 1. The number of nitrogens with two attached hydrogens (primary N) is 1. The highest BCUT2D eigenvalue weighted by molar-refractivity contribution is 9.10. The van der Waals surface area contributed by atoms with E-state index in [1.165, 1.54) is 22.0 Å². The third-order valence-electron chi connectivity index (χ3n) is 3.71. The molecule has 3 rings (SSSR count). The summed E-state index contributed by atoms with van der Waals surface area (Å²) in [6, 6.07) is 17.5. The molecule has 0 bridgehead atoms. The summed E-state index contributed by atoms with van der Waals surface area (Å²) in [5, 5.41) is 8.79. The molecule has 0 amide bonds. The van der Waals surface area contributed by atoms with Crippen LogP contribution in [0.2, 0.25) is 0 Å². The van der Waals surface area contributed by atoms with E-state index in [2.05, 4.69) is 38.3 Å². The lowest BCUT2D eigenvalue weighted by Crippen LogP contribution is -2.15. The number of benzene rings is 2. The fraction of sp³-hybridized carbons (Fsp3) is 0.167. The zero-order chi connectivity index (χ0) is 17.6. The summed E-state index contributed by atoms with van der Waals surface area (Å²) in [6.07, 6.45) is 1.55. The van der Waals surface area contributed by atoms with Crippen molar-refractivity contribution in [3.63, 3.8) is 0 Å². The first-order valence-electron chi connectivity index (χ1n) is 7.78. The average Bonchev–Trinajstić information content (AvgIpc) is 2.99. The number of hydrogen-bond acceptors (Lipinski definition) is 5. The van der Waals surface area contributed by atoms with Crippen LogP contribution < -0.4 is 5.84 Å². The van der Waals surface area contributed by atoms with Crippen LogP contribution in [0, 0.1) is 0 Å². The van der Waals surface area contributed by atoms with Crippen molar-refractivity contribution in [3.05, 3.63) is 76.0 Å². The van der Waals surface area contributed by atoms with Crippen molar-refractivity contribution in [3.8, 4) is 0 Å². The van der Waals surface area contributed by atoms with Gasteiger partial charge >= 0.3 is 0 Å². The number of nitrogens with zero attached hydrogens (tertiary/aromatic N) is 3. The molecule has 0 atom stereocenters. The van der Waals surface area contributed by atoms with Gasteiger partial charge in [-0.15, -0.1) is 10.2 Å². The van der Waals surface area contributed by atoms with Gasteiger partial charge in [0.25, 0.3) is 0 Å². The Balaban J connectivity index is 1.57. The van der Waals surface area contributed by atoms with Gasteiger partial charge in [-0.2, -0.15) is 0 Å². The second kappa shape index (κ2) is 8.31. The van der Waals surface area contributed by atoms with E-state index < -0.39 is 0 Å². The van der Waals surface area contributed by atoms with Crippen molar-refractivity contribution in [2.75, 3.05) is 11.6 Å². The maximum Gasteiger partial charge on any atom is 0.210 e. The quantitative estimate of drug-likeness (QED) is 0.362. The van der Waals surface area contributed by atoms with Gasteiger partial charge in [-0.05, 0) is 24.1 Å². The van der Waals surface area contributed by atoms with Crippen molar-refractivity contribution in [2.45, 2.75) is 18.0 Å². The van der Waals surface area contributed by atoms with E-state index in [0.29, 0.717) is 23.0 Å². The maximum atomic E-state index is 12.2. The zero-order valence-electron chi connectivity index (χ0n) is 13.4. The normalized spacial score (nSPS) is 10.8. The molecule has 2 N–H and O–H groups in total. The lowest BCUT2D eigenvalue weighted by Gasteiger charge is -2.04. The van der Waals surface area contributed by atoms with Gasteiger partial charge in [0.2, 0.25) is 5.16 Å². The molecule has 0 saturated carbocycles. The largest absolute Gasteiger partial charge is 0.336 e. The second-order valence-electron chi connectivity index (χ2n) is 5.47. The van der Waals surface area contributed by atoms with E-state index >= 15 is 0 Å². The molecule has 0 aliphatic rings. The molecule has 5 nitrogen and oxygen atoms in total. The minimum absolute atomic E-state index is 0.0336. The van der Waals surface area contributed by atoms with Crippen LogP contribution in [0.15, 0.2) is 64.2 Å². The van der Waals surface area contributed by atoms with Gasteiger partial charge in [-0.25, -0.2) is 4.68 Å². The van der Waals surface area contributed by atoms with Crippen molar-refractivity contribution in [2.24, 2.45) is 0 Å². The molecule has 1 aromatic heterocycles. The number of Topliss-reactive ketones (excluding diaryl/α,β-unsaturated/α-hetero) is 1. The Morgan fingerprint density at radius 3 is 2.48 bits per heavy atom. The Bertz CT molecular complexity index is 849. The number of halogens is 1. The first-order valence-corrected chi connectivity index (χ1v) is 9.56. The fourth-order valence-corrected chi connectivity index (χ4v) is 3.36. The summed E-state index contributed by atoms with van der Waals surface area (Å²) in [5.74, 6) is 7.08. The number of aromatic nitrogens is 3. The minimum Gasteiger partial charge on any atom is -0.336 e. The van der Waals surface area contributed by atoms with Crippen LogP contribution in [0.5, 0.6) is 0 Å². The van der Waals surface area contributed by atoms with E-state index in [1.807, 2.05) is 30.3 Å². The molecule has 0 fully saturated rings. The molecule has 0 unspecified atom stereocenters. The highest BCUT2D eigenvalue weighted by Crippen LogP contribution is 2.18. The van der Waals surface area contributed by atoms with E-state index in [-0.39, 0.29) is 11.5 Å². The molecule has 2 aromatic carbocycles. The van der Waals surface area contributed by atoms with Crippen molar-refractivity contribution < 1.29 is 4.79 Å². The van der Waals surface area contributed by atoms with Crippen LogP contribution in [0.4, 0.5) is 0 Å². The average molecular weight is 417 g/mol. The third-order valence-corrected chi connectivity index (χ3v) is 5.19. The van der Waals surface area contributed by atoms with Gasteiger partial charge in [0.15, 0.2) is 11.6 Å². The number of thioether (sulfide) groups is 1. The SMILES string of the molecule is Nn1c(CCc2ccccc2)nnc1SCC(=O)c1ccc(Br)cc1. The highest BCUT2D eigenvalue weighted by Gasteiger charge is 2.13. The van der Waals surface area contributed by atoms with E-state index in [1.54, 1.807) is 12.1 Å². The summed E-state index contributed by atoms with van der Waals surface area (Å²) in [4.78, 5) is 12.2. The van der Waals surface area contributed by atoms with Crippen LogP contribution in [0.3, 0.4) is 0 Å². The molecule has 0 aliphatic carbocycles.